The Labute approximate surface area is 202 Å². The smallest absolute Gasteiger partial charge is 0.247 e. The normalized spacial score (nSPS) is 16.0. The van der Waals surface area contributed by atoms with Crippen LogP contribution in [0.3, 0.4) is 0 Å². The van der Waals surface area contributed by atoms with Crippen molar-refractivity contribution in [3.63, 3.8) is 0 Å². The van der Waals surface area contributed by atoms with Crippen molar-refractivity contribution < 1.29 is 14.0 Å². The fraction of sp³-hybridized carbons (Fsp3) is 0.333. The fourth-order valence-corrected chi connectivity index (χ4v) is 4.34. The van der Waals surface area contributed by atoms with E-state index in [1.807, 2.05) is 44.4 Å². The van der Waals surface area contributed by atoms with Crippen LogP contribution in [0.2, 0.25) is 5.02 Å². The average Bonchev–Trinajstić information content (AvgIpc) is 3.44. The summed E-state index contributed by atoms with van der Waals surface area (Å²) >= 11 is 7.58. The van der Waals surface area contributed by atoms with Crippen LogP contribution in [-0.2, 0) is 16.1 Å². The third-order valence-corrected chi connectivity index (χ3v) is 6.62. The SMILES string of the molecule is CSc1ccc(N2CC(C(=O)N(Cc3nnc(-c4ccc(Cl)cc4)o3)C(C)C)CC2=O)cc1. The van der Waals surface area contributed by atoms with Gasteiger partial charge in [-0.3, -0.25) is 9.59 Å². The van der Waals surface area contributed by atoms with Gasteiger partial charge in [0.25, 0.3) is 0 Å². The predicted molar refractivity (Wildman–Crippen MR) is 129 cm³/mol. The first kappa shape index (κ1) is 23.3. The predicted octanol–water partition coefficient (Wildman–Crippen LogP) is 4.90. The summed E-state index contributed by atoms with van der Waals surface area (Å²) in [5.41, 5.74) is 1.57. The molecule has 1 aliphatic heterocycles. The summed E-state index contributed by atoms with van der Waals surface area (Å²) in [6.45, 7) is 4.41. The first-order chi connectivity index (χ1) is 15.9. The first-order valence-corrected chi connectivity index (χ1v) is 12.3. The molecule has 0 aliphatic carbocycles. The molecule has 2 aromatic carbocycles. The molecule has 0 spiro atoms. The maximum absolute atomic E-state index is 13.4. The van der Waals surface area contributed by atoms with E-state index in [9.17, 15) is 9.59 Å². The highest BCUT2D eigenvalue weighted by Gasteiger charge is 2.38. The van der Waals surface area contributed by atoms with E-state index in [0.717, 1.165) is 16.1 Å². The molecule has 3 aromatic rings. The third kappa shape index (κ3) is 5.23. The van der Waals surface area contributed by atoms with Gasteiger partial charge in [-0.15, -0.1) is 22.0 Å². The Morgan fingerprint density at radius 1 is 1.18 bits per heavy atom. The molecular formula is C24H25ClN4O3S. The zero-order chi connectivity index (χ0) is 23.5. The molecule has 4 rings (SSSR count). The Morgan fingerprint density at radius 3 is 2.52 bits per heavy atom. The van der Waals surface area contributed by atoms with Crippen molar-refractivity contribution in [3.05, 3.63) is 59.4 Å². The molecule has 33 heavy (non-hydrogen) atoms. The van der Waals surface area contributed by atoms with Crippen molar-refractivity contribution in [2.45, 2.75) is 37.8 Å². The largest absolute Gasteiger partial charge is 0.419 e. The number of thioether (sulfide) groups is 1. The summed E-state index contributed by atoms with van der Waals surface area (Å²) in [4.78, 5) is 30.6. The molecule has 0 saturated carbocycles. The van der Waals surface area contributed by atoms with E-state index in [1.54, 1.807) is 45.8 Å². The van der Waals surface area contributed by atoms with Crippen LogP contribution in [-0.4, -0.2) is 45.8 Å². The van der Waals surface area contributed by atoms with Crippen LogP contribution in [0.15, 0.2) is 57.8 Å². The van der Waals surface area contributed by atoms with Gasteiger partial charge in [0.1, 0.15) is 0 Å². The maximum atomic E-state index is 13.4. The molecule has 1 aliphatic rings. The van der Waals surface area contributed by atoms with Gasteiger partial charge in [0, 0.05) is 40.2 Å². The van der Waals surface area contributed by atoms with Gasteiger partial charge in [-0.25, -0.2) is 0 Å². The summed E-state index contributed by atoms with van der Waals surface area (Å²) in [6, 6.07) is 14.8. The zero-order valence-corrected chi connectivity index (χ0v) is 20.3. The van der Waals surface area contributed by atoms with Crippen molar-refractivity contribution in [1.29, 1.82) is 0 Å². The van der Waals surface area contributed by atoms with Gasteiger partial charge in [-0.2, -0.15) is 0 Å². The number of carbonyl (C=O) groups excluding carboxylic acids is 2. The summed E-state index contributed by atoms with van der Waals surface area (Å²) in [5.74, 6) is 0.160. The quantitative estimate of drug-likeness (QED) is 0.444. The number of halogens is 1. The van der Waals surface area contributed by atoms with Crippen LogP contribution in [0, 0.1) is 5.92 Å². The summed E-state index contributed by atoms with van der Waals surface area (Å²) in [7, 11) is 0. The maximum Gasteiger partial charge on any atom is 0.247 e. The van der Waals surface area contributed by atoms with Crippen LogP contribution in [0.4, 0.5) is 5.69 Å². The highest BCUT2D eigenvalue weighted by atomic mass is 35.5. The van der Waals surface area contributed by atoms with Gasteiger partial charge in [0.15, 0.2) is 0 Å². The minimum absolute atomic E-state index is 0.0447. The molecule has 2 heterocycles. The Morgan fingerprint density at radius 2 is 1.88 bits per heavy atom. The van der Waals surface area contributed by atoms with Crippen LogP contribution >= 0.6 is 23.4 Å². The Balaban J connectivity index is 1.46. The van der Waals surface area contributed by atoms with Gasteiger partial charge in [-0.1, -0.05) is 11.6 Å². The van der Waals surface area contributed by atoms with Crippen molar-refractivity contribution in [2.75, 3.05) is 17.7 Å². The van der Waals surface area contributed by atoms with E-state index in [-0.39, 0.29) is 30.8 Å². The number of nitrogens with zero attached hydrogens (tertiary/aromatic N) is 4. The minimum atomic E-state index is -0.418. The highest BCUT2D eigenvalue weighted by molar-refractivity contribution is 7.98. The molecule has 2 amide bonds. The number of aromatic nitrogens is 2. The second-order valence-electron chi connectivity index (χ2n) is 8.17. The molecule has 1 aromatic heterocycles. The standard InChI is InChI=1S/C24H25ClN4O3S/c1-15(2)28(14-21-26-27-23(32-21)16-4-6-18(25)7-5-16)24(31)17-12-22(30)29(13-17)19-8-10-20(33-3)11-9-19/h4-11,15,17H,12-14H2,1-3H3. The average molecular weight is 485 g/mol. The highest BCUT2D eigenvalue weighted by Crippen LogP contribution is 2.29. The van der Waals surface area contributed by atoms with Crippen LogP contribution in [0.25, 0.3) is 11.5 Å². The van der Waals surface area contributed by atoms with Crippen LogP contribution in [0.1, 0.15) is 26.2 Å². The third-order valence-electron chi connectivity index (χ3n) is 5.63. The summed E-state index contributed by atoms with van der Waals surface area (Å²) in [6.07, 6.45) is 2.19. The molecule has 1 unspecified atom stereocenters. The number of carbonyl (C=O) groups is 2. The Kier molecular flexibility index (Phi) is 7.05. The van der Waals surface area contributed by atoms with Gasteiger partial charge >= 0.3 is 0 Å². The number of hydrogen-bond donors (Lipinski definition) is 0. The van der Waals surface area contributed by atoms with Gasteiger partial charge in [0.2, 0.25) is 23.6 Å². The monoisotopic (exact) mass is 484 g/mol. The van der Waals surface area contributed by atoms with E-state index in [2.05, 4.69) is 10.2 Å². The second kappa shape index (κ2) is 9.97. The molecular weight excluding hydrogens is 460 g/mol. The van der Waals surface area contributed by atoms with E-state index in [4.69, 9.17) is 16.0 Å². The molecule has 1 atom stereocenters. The summed E-state index contributed by atoms with van der Waals surface area (Å²) < 4.78 is 5.80. The Hall–Kier alpha value is -2.84. The minimum Gasteiger partial charge on any atom is -0.419 e. The van der Waals surface area contributed by atoms with Gasteiger partial charge < -0.3 is 14.2 Å². The van der Waals surface area contributed by atoms with E-state index in [0.29, 0.717) is 23.3 Å². The lowest BCUT2D eigenvalue weighted by Crippen LogP contribution is -2.41. The molecule has 9 heteroatoms. The number of hydrogen-bond acceptors (Lipinski definition) is 6. The van der Waals surface area contributed by atoms with Gasteiger partial charge in [-0.05, 0) is 68.6 Å². The lowest BCUT2D eigenvalue weighted by Gasteiger charge is -2.28. The molecule has 0 bridgehead atoms. The van der Waals surface area contributed by atoms with E-state index in [1.165, 1.54) is 0 Å². The summed E-state index contributed by atoms with van der Waals surface area (Å²) in [5, 5.41) is 8.84. The molecule has 1 saturated heterocycles. The number of amides is 2. The fourth-order valence-electron chi connectivity index (χ4n) is 3.81. The topological polar surface area (TPSA) is 79.5 Å². The Bertz CT molecular complexity index is 1130. The van der Waals surface area contributed by atoms with Crippen LogP contribution in [0.5, 0.6) is 0 Å². The van der Waals surface area contributed by atoms with Crippen molar-refractivity contribution in [2.24, 2.45) is 5.92 Å². The molecule has 0 radical (unpaired) electrons. The van der Waals surface area contributed by atoms with Crippen molar-refractivity contribution in [1.82, 2.24) is 15.1 Å². The molecule has 7 nitrogen and oxygen atoms in total. The van der Waals surface area contributed by atoms with Gasteiger partial charge in [0.05, 0.1) is 12.5 Å². The van der Waals surface area contributed by atoms with E-state index >= 15 is 0 Å². The number of rotatable bonds is 7. The lowest BCUT2D eigenvalue weighted by molar-refractivity contribution is -0.138. The van der Waals surface area contributed by atoms with Crippen molar-refractivity contribution in [3.8, 4) is 11.5 Å². The molecule has 1 fully saturated rings. The number of benzene rings is 2. The molecule has 172 valence electrons. The molecule has 0 N–H and O–H groups in total. The second-order valence-corrected chi connectivity index (χ2v) is 9.49. The first-order valence-electron chi connectivity index (χ1n) is 10.7. The van der Waals surface area contributed by atoms with E-state index < -0.39 is 5.92 Å². The zero-order valence-electron chi connectivity index (χ0n) is 18.7. The lowest BCUT2D eigenvalue weighted by atomic mass is 10.1. The van der Waals surface area contributed by atoms with Crippen molar-refractivity contribution >= 4 is 40.9 Å². The van der Waals surface area contributed by atoms with Crippen LogP contribution < -0.4 is 4.90 Å². The number of anilines is 1.